The third-order valence-electron chi connectivity index (χ3n) is 4.96. The number of aromatic nitrogens is 5. The van der Waals surface area contributed by atoms with Crippen LogP contribution in [0.5, 0.6) is 0 Å². The van der Waals surface area contributed by atoms with E-state index in [1.54, 1.807) is 16.0 Å². The molecule has 1 fully saturated rings. The zero-order valence-electron chi connectivity index (χ0n) is 15.1. The molecule has 1 amide bonds. The molecule has 8 nitrogen and oxygen atoms in total. The number of carbonyl (C=O) groups is 1. The quantitative estimate of drug-likeness (QED) is 0.516. The maximum absolute atomic E-state index is 12.3. The topological polar surface area (TPSA) is 89.9 Å². The molecule has 5 rings (SSSR count). The highest BCUT2D eigenvalue weighted by Gasteiger charge is 2.18. The van der Waals surface area contributed by atoms with Crippen molar-refractivity contribution in [1.82, 2.24) is 30.0 Å². The van der Waals surface area contributed by atoms with Crippen LogP contribution in [0.3, 0.4) is 0 Å². The van der Waals surface area contributed by atoms with Gasteiger partial charge < -0.3 is 9.42 Å². The largest absolute Gasteiger partial charge is 0.343 e. The average molecular weight is 394 g/mol. The number of thiophene rings is 1. The average Bonchev–Trinajstić information content (AvgIpc) is 3.51. The van der Waals surface area contributed by atoms with Gasteiger partial charge in [0.25, 0.3) is 5.89 Å². The van der Waals surface area contributed by atoms with E-state index in [4.69, 9.17) is 4.52 Å². The van der Waals surface area contributed by atoms with Crippen molar-refractivity contribution in [2.75, 3.05) is 13.1 Å². The van der Waals surface area contributed by atoms with Crippen LogP contribution >= 0.6 is 11.3 Å². The van der Waals surface area contributed by atoms with Crippen molar-refractivity contribution >= 4 is 28.3 Å². The van der Waals surface area contributed by atoms with Crippen LogP contribution in [0.15, 0.2) is 39.5 Å². The molecule has 0 bridgehead atoms. The lowest BCUT2D eigenvalue weighted by molar-refractivity contribution is -0.130. The Morgan fingerprint density at radius 2 is 2.07 bits per heavy atom. The Labute approximate surface area is 164 Å². The van der Waals surface area contributed by atoms with Crippen LogP contribution in [0.25, 0.3) is 33.9 Å². The van der Waals surface area contributed by atoms with Gasteiger partial charge in [-0.2, -0.15) is 16.3 Å². The molecular weight excluding hydrogens is 376 g/mol. The molecule has 1 saturated heterocycles. The van der Waals surface area contributed by atoms with Crippen molar-refractivity contribution in [1.29, 1.82) is 0 Å². The molecule has 0 spiro atoms. The lowest BCUT2D eigenvalue weighted by atomic mass is 10.2. The minimum atomic E-state index is 0.186. The molecule has 142 valence electrons. The van der Waals surface area contributed by atoms with Crippen LogP contribution in [-0.2, 0) is 11.3 Å². The molecule has 0 radical (unpaired) electrons. The molecular formula is C19H18N6O2S. The van der Waals surface area contributed by atoms with Gasteiger partial charge in [-0.15, -0.1) is 5.10 Å². The minimum absolute atomic E-state index is 0.186. The number of hydrogen-bond donors (Lipinski definition) is 0. The van der Waals surface area contributed by atoms with Crippen molar-refractivity contribution in [3.05, 3.63) is 35.0 Å². The summed E-state index contributed by atoms with van der Waals surface area (Å²) in [5.74, 6) is 1.20. The SMILES string of the molecule is O=C(CCn1nnc2cc(-c3noc(-c4ccsc4)n3)ccc21)N1CCCC1. The van der Waals surface area contributed by atoms with Gasteiger partial charge in [0.2, 0.25) is 11.7 Å². The lowest BCUT2D eigenvalue weighted by Crippen LogP contribution is -2.28. The van der Waals surface area contributed by atoms with Crippen LogP contribution in [0.4, 0.5) is 0 Å². The van der Waals surface area contributed by atoms with Gasteiger partial charge in [-0.25, -0.2) is 4.68 Å². The predicted octanol–water partition coefficient (Wildman–Crippen LogP) is 3.22. The third kappa shape index (κ3) is 3.18. The van der Waals surface area contributed by atoms with E-state index in [9.17, 15) is 4.79 Å². The van der Waals surface area contributed by atoms with Gasteiger partial charge in [-0.05, 0) is 42.5 Å². The summed E-state index contributed by atoms with van der Waals surface area (Å²) in [6, 6.07) is 7.70. The summed E-state index contributed by atoms with van der Waals surface area (Å²) in [4.78, 5) is 18.6. The Morgan fingerprint density at radius 3 is 2.89 bits per heavy atom. The summed E-state index contributed by atoms with van der Waals surface area (Å²) in [6.45, 7) is 2.27. The number of likely N-dealkylation sites (tertiary alicyclic amines) is 1. The normalized spacial score (nSPS) is 14.2. The lowest BCUT2D eigenvalue weighted by Gasteiger charge is -2.14. The molecule has 0 saturated carbocycles. The highest BCUT2D eigenvalue weighted by molar-refractivity contribution is 7.08. The van der Waals surface area contributed by atoms with Gasteiger partial charge >= 0.3 is 0 Å². The van der Waals surface area contributed by atoms with E-state index >= 15 is 0 Å². The molecule has 0 N–H and O–H groups in total. The van der Waals surface area contributed by atoms with E-state index in [1.165, 1.54) is 0 Å². The van der Waals surface area contributed by atoms with Crippen LogP contribution in [-0.4, -0.2) is 49.0 Å². The monoisotopic (exact) mass is 394 g/mol. The van der Waals surface area contributed by atoms with E-state index in [1.807, 2.05) is 39.9 Å². The van der Waals surface area contributed by atoms with Crippen LogP contribution in [0, 0.1) is 0 Å². The molecule has 3 aromatic heterocycles. The Bertz CT molecular complexity index is 1110. The number of rotatable bonds is 5. The van der Waals surface area contributed by atoms with Crippen molar-refractivity contribution in [3.8, 4) is 22.8 Å². The first-order valence-electron chi connectivity index (χ1n) is 9.25. The van der Waals surface area contributed by atoms with E-state index in [-0.39, 0.29) is 5.91 Å². The molecule has 0 unspecified atom stereocenters. The second-order valence-electron chi connectivity index (χ2n) is 6.79. The fourth-order valence-electron chi connectivity index (χ4n) is 3.45. The second-order valence-corrected chi connectivity index (χ2v) is 7.57. The fourth-order valence-corrected chi connectivity index (χ4v) is 4.08. The number of benzene rings is 1. The summed E-state index contributed by atoms with van der Waals surface area (Å²) >= 11 is 1.58. The van der Waals surface area contributed by atoms with Gasteiger partial charge in [-0.3, -0.25) is 4.79 Å². The third-order valence-corrected chi connectivity index (χ3v) is 5.65. The molecule has 0 aliphatic carbocycles. The summed E-state index contributed by atoms with van der Waals surface area (Å²) in [5.41, 5.74) is 3.36. The van der Waals surface area contributed by atoms with Crippen molar-refractivity contribution in [3.63, 3.8) is 0 Å². The van der Waals surface area contributed by atoms with Crippen LogP contribution < -0.4 is 0 Å². The van der Waals surface area contributed by atoms with Crippen molar-refractivity contribution < 1.29 is 9.32 Å². The summed E-state index contributed by atoms with van der Waals surface area (Å²) < 4.78 is 7.13. The molecule has 9 heteroatoms. The van der Waals surface area contributed by atoms with E-state index < -0.39 is 0 Å². The molecule has 4 heterocycles. The maximum atomic E-state index is 12.3. The predicted molar refractivity (Wildman–Crippen MR) is 105 cm³/mol. The maximum Gasteiger partial charge on any atom is 0.259 e. The van der Waals surface area contributed by atoms with Crippen LogP contribution in [0.1, 0.15) is 19.3 Å². The Morgan fingerprint density at radius 1 is 1.18 bits per heavy atom. The number of aryl methyl sites for hydroxylation is 1. The number of amides is 1. The first-order valence-corrected chi connectivity index (χ1v) is 10.2. The van der Waals surface area contributed by atoms with Gasteiger partial charge in [-0.1, -0.05) is 10.4 Å². The number of hydrogen-bond acceptors (Lipinski definition) is 7. The zero-order chi connectivity index (χ0) is 18.9. The highest BCUT2D eigenvalue weighted by atomic mass is 32.1. The van der Waals surface area contributed by atoms with E-state index in [0.717, 1.165) is 48.1 Å². The Balaban J connectivity index is 1.34. The molecule has 0 atom stereocenters. The standard InChI is InChI=1S/C19H18N6O2S/c26-17(24-7-1-2-8-24)5-9-25-16-4-3-13(11-15(16)21-23-25)18-20-19(27-22-18)14-6-10-28-12-14/h3-4,6,10-12H,1-2,5,7-9H2. The summed E-state index contributed by atoms with van der Waals surface area (Å²) in [7, 11) is 0. The highest BCUT2D eigenvalue weighted by Crippen LogP contribution is 2.25. The molecule has 1 aliphatic rings. The number of nitrogens with zero attached hydrogens (tertiary/aromatic N) is 6. The minimum Gasteiger partial charge on any atom is -0.343 e. The van der Waals surface area contributed by atoms with Gasteiger partial charge in [0.15, 0.2) is 0 Å². The fraction of sp³-hybridized carbons (Fsp3) is 0.316. The van der Waals surface area contributed by atoms with Crippen LogP contribution in [0.2, 0.25) is 0 Å². The van der Waals surface area contributed by atoms with Crippen molar-refractivity contribution in [2.45, 2.75) is 25.8 Å². The number of fused-ring (bicyclic) bond motifs is 1. The molecule has 4 aromatic rings. The molecule has 1 aliphatic heterocycles. The first-order chi connectivity index (χ1) is 13.8. The van der Waals surface area contributed by atoms with Crippen molar-refractivity contribution in [2.24, 2.45) is 0 Å². The molecule has 1 aromatic carbocycles. The Hall–Kier alpha value is -3.07. The Kier molecular flexibility index (Phi) is 4.36. The summed E-state index contributed by atoms with van der Waals surface area (Å²) in [6.07, 6.45) is 2.64. The number of carbonyl (C=O) groups excluding carboxylic acids is 1. The van der Waals surface area contributed by atoms with E-state index in [0.29, 0.717) is 24.7 Å². The smallest absolute Gasteiger partial charge is 0.259 e. The van der Waals surface area contributed by atoms with Gasteiger partial charge in [0.1, 0.15) is 5.52 Å². The van der Waals surface area contributed by atoms with Gasteiger partial charge in [0.05, 0.1) is 17.6 Å². The van der Waals surface area contributed by atoms with Gasteiger partial charge in [0, 0.05) is 30.5 Å². The second kappa shape index (κ2) is 7.16. The van der Waals surface area contributed by atoms with E-state index in [2.05, 4.69) is 20.5 Å². The zero-order valence-corrected chi connectivity index (χ0v) is 15.9. The first kappa shape index (κ1) is 17.1. The summed E-state index contributed by atoms with van der Waals surface area (Å²) in [5, 5.41) is 16.5. The molecule has 28 heavy (non-hydrogen) atoms.